The van der Waals surface area contributed by atoms with E-state index in [-0.39, 0.29) is 24.5 Å². The van der Waals surface area contributed by atoms with Crippen LogP contribution in [0.4, 0.5) is 8.78 Å². The molecule has 0 bridgehead atoms. The Balaban J connectivity index is 0.000000500. The largest absolute Gasteiger partial charge is 0.299 e. The minimum atomic E-state index is -2.57. The molecular formula is C11H20F2O. The minimum Gasteiger partial charge on any atom is -0.299 e. The van der Waals surface area contributed by atoms with E-state index in [1.165, 1.54) is 6.42 Å². The molecule has 1 saturated carbocycles. The van der Waals surface area contributed by atoms with Crippen LogP contribution in [0, 0.1) is 5.92 Å². The van der Waals surface area contributed by atoms with E-state index in [9.17, 15) is 13.6 Å². The van der Waals surface area contributed by atoms with Crippen LogP contribution in [-0.4, -0.2) is 11.7 Å². The highest BCUT2D eigenvalue weighted by molar-refractivity contribution is 5.81. The maximum atomic E-state index is 12.5. The second-order valence-electron chi connectivity index (χ2n) is 3.82. The summed E-state index contributed by atoms with van der Waals surface area (Å²) in [6, 6.07) is 0. The van der Waals surface area contributed by atoms with Crippen molar-refractivity contribution in [1.82, 2.24) is 0 Å². The molecule has 0 aromatic heterocycles. The second-order valence-corrected chi connectivity index (χ2v) is 3.82. The number of ketones is 1. The molecule has 0 amide bonds. The number of carbonyl (C=O) groups excluding carboxylic acids is 1. The summed E-state index contributed by atoms with van der Waals surface area (Å²) >= 11 is 0. The Morgan fingerprint density at radius 3 is 2.14 bits per heavy atom. The van der Waals surface area contributed by atoms with Crippen molar-refractivity contribution in [3.05, 3.63) is 0 Å². The summed E-state index contributed by atoms with van der Waals surface area (Å²) in [7, 11) is 0. The number of hydrogen-bond acceptors (Lipinski definition) is 1. The lowest BCUT2D eigenvalue weighted by molar-refractivity contribution is -0.123. The van der Waals surface area contributed by atoms with Crippen molar-refractivity contribution < 1.29 is 13.6 Å². The highest BCUT2D eigenvalue weighted by atomic mass is 19.3. The Labute approximate surface area is 84.9 Å². The van der Waals surface area contributed by atoms with E-state index < -0.39 is 5.92 Å². The fourth-order valence-electron chi connectivity index (χ4n) is 1.51. The lowest BCUT2D eigenvalue weighted by Gasteiger charge is -2.07. The Morgan fingerprint density at radius 2 is 1.86 bits per heavy atom. The molecule has 0 spiro atoms. The Kier molecular flexibility index (Phi) is 5.89. The molecule has 1 aliphatic rings. The molecule has 14 heavy (non-hydrogen) atoms. The highest BCUT2D eigenvalue weighted by Gasteiger charge is 2.41. The summed E-state index contributed by atoms with van der Waals surface area (Å²) in [6.07, 6.45) is 1.68. The molecule has 1 atom stereocenters. The van der Waals surface area contributed by atoms with Crippen molar-refractivity contribution in [3.8, 4) is 0 Å². The van der Waals surface area contributed by atoms with Crippen LogP contribution in [-0.2, 0) is 4.79 Å². The smallest absolute Gasteiger partial charge is 0.248 e. The molecule has 0 aliphatic heterocycles. The van der Waals surface area contributed by atoms with Gasteiger partial charge in [0.15, 0.2) is 0 Å². The van der Waals surface area contributed by atoms with Crippen LogP contribution in [0.15, 0.2) is 0 Å². The number of hydrogen-bond donors (Lipinski definition) is 0. The van der Waals surface area contributed by atoms with Gasteiger partial charge in [-0.2, -0.15) is 0 Å². The molecule has 1 unspecified atom stereocenters. The third-order valence-corrected chi connectivity index (χ3v) is 2.21. The van der Waals surface area contributed by atoms with E-state index in [1.807, 2.05) is 0 Å². The zero-order chi connectivity index (χ0) is 11.2. The summed E-state index contributed by atoms with van der Waals surface area (Å²) in [5.74, 6) is -2.95. The quantitative estimate of drug-likeness (QED) is 0.671. The van der Waals surface area contributed by atoms with Gasteiger partial charge in [0.1, 0.15) is 5.78 Å². The van der Waals surface area contributed by atoms with Gasteiger partial charge in [-0.1, -0.05) is 27.2 Å². The first kappa shape index (κ1) is 13.5. The predicted molar refractivity (Wildman–Crippen MR) is 53.6 cm³/mol. The fourth-order valence-corrected chi connectivity index (χ4v) is 1.51. The molecule has 1 aliphatic carbocycles. The van der Waals surface area contributed by atoms with Crippen LogP contribution >= 0.6 is 0 Å². The predicted octanol–water partition coefficient (Wildman–Crippen LogP) is 3.82. The molecule has 0 N–H and O–H groups in total. The normalized spacial score (nSPS) is 23.9. The number of halogens is 2. The van der Waals surface area contributed by atoms with E-state index in [2.05, 4.69) is 13.8 Å². The summed E-state index contributed by atoms with van der Waals surface area (Å²) in [5.41, 5.74) is 0. The third-order valence-electron chi connectivity index (χ3n) is 2.21. The van der Waals surface area contributed by atoms with Gasteiger partial charge in [0.25, 0.3) is 0 Å². The fraction of sp³-hybridized carbons (Fsp3) is 0.909. The lowest BCUT2D eigenvalue weighted by atomic mass is 10.0. The van der Waals surface area contributed by atoms with E-state index in [0.717, 1.165) is 0 Å². The third kappa shape index (κ3) is 4.68. The Hall–Kier alpha value is -0.470. The van der Waals surface area contributed by atoms with Crippen molar-refractivity contribution in [2.75, 3.05) is 0 Å². The summed E-state index contributed by atoms with van der Waals surface area (Å²) in [4.78, 5) is 11.0. The van der Waals surface area contributed by atoms with Crippen molar-refractivity contribution in [3.63, 3.8) is 0 Å². The molecule has 0 heterocycles. The number of carbonyl (C=O) groups is 1. The molecule has 1 fully saturated rings. The van der Waals surface area contributed by atoms with Gasteiger partial charge in [-0.25, -0.2) is 8.78 Å². The monoisotopic (exact) mass is 206 g/mol. The first-order valence-electron chi connectivity index (χ1n) is 5.37. The van der Waals surface area contributed by atoms with Crippen molar-refractivity contribution in [2.45, 2.75) is 58.8 Å². The summed E-state index contributed by atoms with van der Waals surface area (Å²) in [6.45, 7) is 5.97. The molecule has 1 rings (SSSR count). The molecule has 84 valence electrons. The van der Waals surface area contributed by atoms with Crippen LogP contribution in [0.5, 0.6) is 0 Å². The molecule has 0 saturated heterocycles. The van der Waals surface area contributed by atoms with Gasteiger partial charge in [0.05, 0.1) is 0 Å². The molecule has 1 nitrogen and oxygen atoms in total. The Bertz CT molecular complexity index is 178. The van der Waals surface area contributed by atoms with Gasteiger partial charge in [-0.3, -0.25) is 4.79 Å². The molecule has 0 radical (unpaired) electrons. The van der Waals surface area contributed by atoms with E-state index in [4.69, 9.17) is 0 Å². The summed E-state index contributed by atoms with van der Waals surface area (Å²) < 4.78 is 25.1. The van der Waals surface area contributed by atoms with E-state index >= 15 is 0 Å². The van der Waals surface area contributed by atoms with Crippen molar-refractivity contribution >= 4 is 5.78 Å². The average Bonchev–Trinajstić information content (AvgIpc) is 2.46. The maximum Gasteiger partial charge on any atom is 0.248 e. The van der Waals surface area contributed by atoms with Crippen molar-refractivity contribution in [1.29, 1.82) is 0 Å². The first-order valence-corrected chi connectivity index (χ1v) is 5.37. The van der Waals surface area contributed by atoms with Crippen LogP contribution in [0.1, 0.15) is 52.9 Å². The minimum absolute atomic E-state index is 0.0119. The van der Waals surface area contributed by atoms with E-state index in [1.54, 1.807) is 6.92 Å². The van der Waals surface area contributed by atoms with Crippen molar-refractivity contribution in [2.24, 2.45) is 5.92 Å². The van der Waals surface area contributed by atoms with Crippen LogP contribution < -0.4 is 0 Å². The molecular weight excluding hydrogens is 186 g/mol. The molecule has 3 heteroatoms. The topological polar surface area (TPSA) is 17.1 Å². The maximum absolute atomic E-state index is 12.5. The van der Waals surface area contributed by atoms with Gasteiger partial charge >= 0.3 is 0 Å². The zero-order valence-corrected chi connectivity index (χ0v) is 9.28. The Morgan fingerprint density at radius 1 is 1.36 bits per heavy atom. The number of Topliss-reactive ketones (excluding diaryl/α,β-unsaturated/α-hetero) is 1. The van der Waals surface area contributed by atoms with E-state index in [0.29, 0.717) is 12.8 Å². The lowest BCUT2D eigenvalue weighted by Crippen LogP contribution is -2.14. The standard InChI is InChI=1S/C8H12F2O.C3H8/c1-2-7(11)6-3-4-8(9,10)5-6;1-3-2/h6H,2-5H2,1H3;3H2,1-2H3. The zero-order valence-electron chi connectivity index (χ0n) is 9.28. The SMILES string of the molecule is CCC.CCC(=O)C1CCC(F)(F)C1. The average molecular weight is 206 g/mol. The van der Waals surface area contributed by atoms with Gasteiger partial charge in [-0.15, -0.1) is 0 Å². The van der Waals surface area contributed by atoms with Crippen LogP contribution in [0.25, 0.3) is 0 Å². The molecule has 0 aromatic carbocycles. The second kappa shape index (κ2) is 6.10. The highest BCUT2D eigenvalue weighted by Crippen LogP contribution is 2.39. The summed E-state index contributed by atoms with van der Waals surface area (Å²) in [5, 5.41) is 0. The number of alkyl halides is 2. The first-order chi connectivity index (χ1) is 6.46. The van der Waals surface area contributed by atoms with Gasteiger partial charge in [-0.05, 0) is 6.42 Å². The van der Waals surface area contributed by atoms with Gasteiger partial charge in [0, 0.05) is 25.2 Å². The van der Waals surface area contributed by atoms with Crippen LogP contribution in [0.2, 0.25) is 0 Å². The van der Waals surface area contributed by atoms with Gasteiger partial charge in [0.2, 0.25) is 5.92 Å². The van der Waals surface area contributed by atoms with Gasteiger partial charge < -0.3 is 0 Å². The van der Waals surface area contributed by atoms with Crippen LogP contribution in [0.3, 0.4) is 0 Å². The number of rotatable bonds is 2. The molecule has 0 aromatic rings.